The van der Waals surface area contributed by atoms with Crippen molar-refractivity contribution in [2.45, 2.75) is 6.61 Å². The Balaban J connectivity index is 1.70. The van der Waals surface area contributed by atoms with Crippen LogP contribution in [0.1, 0.15) is 21.5 Å². The Kier molecular flexibility index (Phi) is 7.76. The summed E-state index contributed by atoms with van der Waals surface area (Å²) < 4.78 is 11.2. The summed E-state index contributed by atoms with van der Waals surface area (Å²) in [6.45, 7) is 0.172. The minimum absolute atomic E-state index is 0.172. The zero-order chi connectivity index (χ0) is 23.1. The van der Waals surface area contributed by atoms with E-state index in [2.05, 4.69) is 5.32 Å². The summed E-state index contributed by atoms with van der Waals surface area (Å²) >= 11 is 12.4. The molecular weight excluding hydrogens is 451 g/mol. The highest BCUT2D eigenvalue weighted by Gasteiger charge is 2.11. The van der Waals surface area contributed by atoms with Crippen molar-refractivity contribution < 1.29 is 19.1 Å². The highest BCUT2D eigenvalue weighted by atomic mass is 35.5. The molecule has 164 valence electrons. The molecule has 0 aliphatic rings. The number of anilines is 1. The standard InChI is InChI=1S/C24H20Cl2N2O4/c1-31-22-13-15(9-11-21(22)32-14-17-18(25)6-4-7-19(17)26)10-12-23(29)28-20-8-3-2-5-16(20)24(27)30/h2-13H,14H2,1H3,(H2,27,30)(H,28,29). The minimum Gasteiger partial charge on any atom is -0.493 e. The molecule has 6 nitrogen and oxygen atoms in total. The van der Waals surface area contributed by atoms with Crippen molar-refractivity contribution >= 4 is 46.8 Å². The average Bonchev–Trinajstić information content (AvgIpc) is 2.78. The van der Waals surface area contributed by atoms with Crippen molar-refractivity contribution in [2.75, 3.05) is 12.4 Å². The second-order valence-electron chi connectivity index (χ2n) is 6.63. The first-order chi connectivity index (χ1) is 15.4. The van der Waals surface area contributed by atoms with Gasteiger partial charge in [-0.1, -0.05) is 47.5 Å². The molecule has 0 aliphatic heterocycles. The van der Waals surface area contributed by atoms with Crippen LogP contribution in [0.25, 0.3) is 6.08 Å². The fourth-order valence-corrected chi connectivity index (χ4v) is 3.39. The fraction of sp³-hybridized carbons (Fsp3) is 0.0833. The van der Waals surface area contributed by atoms with Crippen LogP contribution >= 0.6 is 23.2 Å². The number of methoxy groups -OCH3 is 1. The molecule has 3 aromatic rings. The van der Waals surface area contributed by atoms with Crippen LogP contribution in [0.15, 0.2) is 66.7 Å². The Hall–Kier alpha value is -3.48. The number of halogens is 2. The van der Waals surface area contributed by atoms with Gasteiger partial charge in [0, 0.05) is 21.7 Å². The number of rotatable bonds is 8. The predicted molar refractivity (Wildman–Crippen MR) is 126 cm³/mol. The molecule has 0 heterocycles. The number of nitrogens with two attached hydrogens (primary N) is 1. The second-order valence-corrected chi connectivity index (χ2v) is 7.45. The van der Waals surface area contributed by atoms with Gasteiger partial charge in [0.15, 0.2) is 11.5 Å². The summed E-state index contributed by atoms with van der Waals surface area (Å²) in [5.74, 6) is -0.0510. The van der Waals surface area contributed by atoms with Gasteiger partial charge in [0.25, 0.3) is 5.91 Å². The highest BCUT2D eigenvalue weighted by Crippen LogP contribution is 2.31. The van der Waals surface area contributed by atoms with E-state index >= 15 is 0 Å². The van der Waals surface area contributed by atoms with Gasteiger partial charge in [-0.25, -0.2) is 0 Å². The summed E-state index contributed by atoms with van der Waals surface area (Å²) in [4.78, 5) is 23.8. The normalized spacial score (nSPS) is 10.7. The summed E-state index contributed by atoms with van der Waals surface area (Å²) in [5.41, 5.74) is 7.29. The van der Waals surface area contributed by atoms with E-state index in [0.29, 0.717) is 38.4 Å². The first kappa shape index (κ1) is 23.2. The molecule has 0 aromatic heterocycles. The van der Waals surface area contributed by atoms with Gasteiger partial charge in [-0.2, -0.15) is 0 Å². The van der Waals surface area contributed by atoms with Crippen molar-refractivity contribution in [2.24, 2.45) is 5.73 Å². The van der Waals surface area contributed by atoms with E-state index in [-0.39, 0.29) is 12.2 Å². The zero-order valence-electron chi connectivity index (χ0n) is 17.1. The van der Waals surface area contributed by atoms with Gasteiger partial charge in [0.05, 0.1) is 18.4 Å². The van der Waals surface area contributed by atoms with Crippen LogP contribution < -0.4 is 20.5 Å². The van der Waals surface area contributed by atoms with Crippen molar-refractivity contribution in [3.8, 4) is 11.5 Å². The summed E-state index contributed by atoms with van der Waals surface area (Å²) in [5, 5.41) is 3.67. The molecule has 3 rings (SSSR count). The van der Waals surface area contributed by atoms with Gasteiger partial charge in [0.2, 0.25) is 5.91 Å². The molecule has 8 heteroatoms. The first-order valence-electron chi connectivity index (χ1n) is 9.50. The molecule has 0 saturated carbocycles. The van der Waals surface area contributed by atoms with E-state index in [0.717, 1.165) is 0 Å². The Morgan fingerprint density at radius 3 is 2.41 bits per heavy atom. The molecule has 0 bridgehead atoms. The van der Waals surface area contributed by atoms with Gasteiger partial charge >= 0.3 is 0 Å². The quantitative estimate of drug-likeness (QED) is 0.435. The van der Waals surface area contributed by atoms with Crippen LogP contribution in [0.3, 0.4) is 0 Å². The molecule has 0 saturated heterocycles. The van der Waals surface area contributed by atoms with Crippen LogP contribution in [-0.2, 0) is 11.4 Å². The molecule has 0 aliphatic carbocycles. The van der Waals surface area contributed by atoms with Gasteiger partial charge in [-0.05, 0) is 48.0 Å². The number of amides is 2. The number of carbonyl (C=O) groups excluding carboxylic acids is 2. The lowest BCUT2D eigenvalue weighted by atomic mass is 10.1. The molecule has 3 aromatic carbocycles. The maximum absolute atomic E-state index is 12.3. The van der Waals surface area contributed by atoms with Crippen LogP contribution in [0.2, 0.25) is 10.0 Å². The summed E-state index contributed by atoms with van der Waals surface area (Å²) in [6.07, 6.45) is 2.95. The lowest BCUT2D eigenvalue weighted by Crippen LogP contribution is -2.16. The van der Waals surface area contributed by atoms with E-state index in [1.54, 1.807) is 66.7 Å². The Labute approximate surface area is 195 Å². The predicted octanol–water partition coefficient (Wildman–Crippen LogP) is 5.33. The number of hydrogen-bond donors (Lipinski definition) is 2. The van der Waals surface area contributed by atoms with Crippen LogP contribution in [0, 0.1) is 0 Å². The maximum Gasteiger partial charge on any atom is 0.250 e. The summed E-state index contributed by atoms with van der Waals surface area (Å²) in [7, 11) is 1.52. The molecule has 3 N–H and O–H groups in total. The van der Waals surface area contributed by atoms with Crippen molar-refractivity contribution in [1.29, 1.82) is 0 Å². The van der Waals surface area contributed by atoms with Gasteiger partial charge < -0.3 is 20.5 Å². The third-order valence-electron chi connectivity index (χ3n) is 4.50. The molecule has 2 amide bonds. The number of ether oxygens (including phenoxy) is 2. The van der Waals surface area contributed by atoms with E-state index in [1.807, 2.05) is 0 Å². The monoisotopic (exact) mass is 470 g/mol. The fourth-order valence-electron chi connectivity index (χ4n) is 2.88. The highest BCUT2D eigenvalue weighted by molar-refractivity contribution is 6.35. The first-order valence-corrected chi connectivity index (χ1v) is 10.3. The minimum atomic E-state index is -0.622. The van der Waals surface area contributed by atoms with Crippen molar-refractivity contribution in [3.63, 3.8) is 0 Å². The number of hydrogen-bond acceptors (Lipinski definition) is 4. The third kappa shape index (κ3) is 5.81. The molecule has 0 spiro atoms. The van der Waals surface area contributed by atoms with Gasteiger partial charge in [-0.15, -0.1) is 0 Å². The number of para-hydroxylation sites is 1. The van der Waals surface area contributed by atoms with Crippen molar-refractivity contribution in [3.05, 3.63) is 93.5 Å². The van der Waals surface area contributed by atoms with Crippen LogP contribution in [0.5, 0.6) is 11.5 Å². The topological polar surface area (TPSA) is 90.6 Å². The smallest absolute Gasteiger partial charge is 0.250 e. The second kappa shape index (κ2) is 10.7. The van der Waals surface area contributed by atoms with Crippen molar-refractivity contribution in [1.82, 2.24) is 0 Å². The lowest BCUT2D eigenvalue weighted by Gasteiger charge is -2.13. The Bertz CT molecular complexity index is 1160. The van der Waals surface area contributed by atoms with E-state index < -0.39 is 11.8 Å². The number of benzene rings is 3. The number of primary amides is 1. The van der Waals surface area contributed by atoms with E-state index in [1.165, 1.54) is 13.2 Å². The molecule has 0 radical (unpaired) electrons. The molecular formula is C24H20Cl2N2O4. The molecule has 32 heavy (non-hydrogen) atoms. The molecule has 0 fully saturated rings. The number of nitrogens with one attached hydrogen (secondary N) is 1. The maximum atomic E-state index is 12.3. The zero-order valence-corrected chi connectivity index (χ0v) is 18.6. The van der Waals surface area contributed by atoms with Crippen LogP contribution in [-0.4, -0.2) is 18.9 Å². The third-order valence-corrected chi connectivity index (χ3v) is 5.21. The average molecular weight is 471 g/mol. The largest absolute Gasteiger partial charge is 0.493 e. The lowest BCUT2D eigenvalue weighted by molar-refractivity contribution is -0.111. The van der Waals surface area contributed by atoms with E-state index in [4.69, 9.17) is 38.4 Å². The Morgan fingerprint density at radius 2 is 1.72 bits per heavy atom. The summed E-state index contributed by atoms with van der Waals surface area (Å²) in [6, 6.07) is 17.0. The SMILES string of the molecule is COc1cc(C=CC(=O)Nc2ccccc2C(N)=O)ccc1OCc1c(Cl)cccc1Cl. The van der Waals surface area contributed by atoms with Gasteiger partial charge in [0.1, 0.15) is 6.61 Å². The molecule has 0 unspecified atom stereocenters. The molecule has 0 atom stereocenters. The Morgan fingerprint density at radius 1 is 1.00 bits per heavy atom. The number of carbonyl (C=O) groups is 2. The van der Waals surface area contributed by atoms with E-state index in [9.17, 15) is 9.59 Å². The van der Waals surface area contributed by atoms with Crippen LogP contribution in [0.4, 0.5) is 5.69 Å². The van der Waals surface area contributed by atoms with Gasteiger partial charge in [-0.3, -0.25) is 9.59 Å².